The second-order valence-electron chi connectivity index (χ2n) is 10.6. The summed E-state index contributed by atoms with van der Waals surface area (Å²) in [7, 11) is 0. The van der Waals surface area contributed by atoms with E-state index in [2.05, 4.69) is 42.4 Å². The minimum absolute atomic E-state index is 0.156. The fourth-order valence-electron chi connectivity index (χ4n) is 4.38. The molecule has 7 nitrogen and oxygen atoms in total. The van der Waals surface area contributed by atoms with Gasteiger partial charge in [0, 0.05) is 29.8 Å². The van der Waals surface area contributed by atoms with Crippen molar-refractivity contribution in [2.45, 2.75) is 72.6 Å². The van der Waals surface area contributed by atoms with Crippen LogP contribution in [0.2, 0.25) is 0 Å². The van der Waals surface area contributed by atoms with Gasteiger partial charge in [0.1, 0.15) is 5.75 Å². The molecule has 3 amide bonds. The van der Waals surface area contributed by atoms with Crippen LogP contribution in [0.5, 0.6) is 5.75 Å². The molecule has 8 heteroatoms. The Balaban J connectivity index is 0.000000681. The number of rotatable bonds is 14. The number of aromatic hydroxyl groups is 1. The van der Waals surface area contributed by atoms with E-state index < -0.39 is 0 Å². The van der Waals surface area contributed by atoms with Gasteiger partial charge in [0.15, 0.2) is 0 Å². The first-order valence-electron chi connectivity index (χ1n) is 15.6. The van der Waals surface area contributed by atoms with E-state index in [0.29, 0.717) is 17.7 Å². The maximum absolute atomic E-state index is 13.1. The van der Waals surface area contributed by atoms with Crippen molar-refractivity contribution >= 4 is 36.0 Å². The van der Waals surface area contributed by atoms with Crippen LogP contribution in [0, 0.1) is 0 Å². The van der Waals surface area contributed by atoms with E-state index in [1.165, 1.54) is 12.1 Å². The fraction of sp³-hybridized carbons (Fsp3) is 0.324. The van der Waals surface area contributed by atoms with Crippen molar-refractivity contribution in [1.29, 1.82) is 0 Å². The average molecular weight is 630 g/mol. The molecule has 240 valence electrons. The van der Waals surface area contributed by atoms with Gasteiger partial charge in [0.25, 0.3) is 11.8 Å². The highest BCUT2D eigenvalue weighted by atomic mass is 32.1. The first-order chi connectivity index (χ1) is 21.7. The van der Waals surface area contributed by atoms with Crippen molar-refractivity contribution in [3.63, 3.8) is 0 Å². The zero-order valence-electron chi connectivity index (χ0n) is 26.9. The molecule has 0 atom stereocenters. The zero-order chi connectivity index (χ0) is 33.0. The first-order valence-corrected chi connectivity index (χ1v) is 16.1. The molecular weight excluding hydrogens is 582 g/mol. The molecule has 3 aromatic rings. The Labute approximate surface area is 273 Å². The van der Waals surface area contributed by atoms with Crippen molar-refractivity contribution in [2.75, 3.05) is 11.9 Å². The quantitative estimate of drug-likeness (QED) is 0.0532. The van der Waals surface area contributed by atoms with Gasteiger partial charge in [0.05, 0.1) is 5.69 Å². The number of hydrogen-bond donors (Lipinski definition) is 5. The lowest BCUT2D eigenvalue weighted by Crippen LogP contribution is -2.23. The smallest absolute Gasteiger partial charge is 0.256 e. The summed E-state index contributed by atoms with van der Waals surface area (Å²) >= 11 is 4.15. The van der Waals surface area contributed by atoms with Crippen LogP contribution >= 0.6 is 12.6 Å². The van der Waals surface area contributed by atoms with Crippen LogP contribution in [0.25, 0.3) is 11.1 Å². The van der Waals surface area contributed by atoms with Crippen molar-refractivity contribution in [2.24, 2.45) is 0 Å². The van der Waals surface area contributed by atoms with Gasteiger partial charge in [-0.2, -0.15) is 12.6 Å². The summed E-state index contributed by atoms with van der Waals surface area (Å²) in [5.74, 6) is -0.741. The number of hydrogen-bond acceptors (Lipinski definition) is 5. The molecule has 3 aromatic carbocycles. The summed E-state index contributed by atoms with van der Waals surface area (Å²) in [6.45, 7) is 8.95. The summed E-state index contributed by atoms with van der Waals surface area (Å²) in [5.41, 5.74) is 4.45. The maximum atomic E-state index is 13.1. The van der Waals surface area contributed by atoms with Gasteiger partial charge in [0.2, 0.25) is 5.91 Å². The Morgan fingerprint density at radius 1 is 0.844 bits per heavy atom. The molecule has 0 spiro atoms. The lowest BCUT2D eigenvalue weighted by Gasteiger charge is -2.13. The van der Waals surface area contributed by atoms with Gasteiger partial charge >= 0.3 is 0 Å². The molecular formula is C37H47N3O4S. The third-order valence-corrected chi connectivity index (χ3v) is 7.19. The Bertz CT molecular complexity index is 1450. The van der Waals surface area contributed by atoms with Gasteiger partial charge in [-0.05, 0) is 78.6 Å². The van der Waals surface area contributed by atoms with Crippen LogP contribution in [0.15, 0.2) is 95.6 Å². The monoisotopic (exact) mass is 629 g/mol. The van der Waals surface area contributed by atoms with E-state index in [0.717, 1.165) is 61.8 Å². The molecule has 0 saturated heterocycles. The molecule has 0 saturated carbocycles. The summed E-state index contributed by atoms with van der Waals surface area (Å²) in [6, 6.07) is 21.4. The molecule has 0 heterocycles. The van der Waals surface area contributed by atoms with Gasteiger partial charge < -0.3 is 21.1 Å². The number of nitrogens with one attached hydrogen (secondary N) is 3. The average Bonchev–Trinajstić information content (AvgIpc) is 3.06. The van der Waals surface area contributed by atoms with E-state index in [4.69, 9.17) is 0 Å². The third-order valence-electron chi connectivity index (χ3n) is 7.04. The van der Waals surface area contributed by atoms with Crippen molar-refractivity contribution < 1.29 is 19.5 Å². The molecule has 0 aliphatic carbocycles. The number of anilines is 1. The number of allylic oxidation sites excluding steroid dienone is 2. The highest BCUT2D eigenvalue weighted by Crippen LogP contribution is 2.28. The van der Waals surface area contributed by atoms with Crippen LogP contribution in [0.1, 0.15) is 93.4 Å². The fourth-order valence-corrected chi connectivity index (χ4v) is 4.53. The number of amides is 3. The number of carbonyl (C=O) groups is 3. The molecule has 0 radical (unpaired) electrons. The number of phenolic OH excluding ortho intramolecular Hbond substituents is 1. The topological polar surface area (TPSA) is 108 Å². The number of phenols is 1. The highest BCUT2D eigenvalue weighted by molar-refractivity contribution is 7.83. The first kappa shape index (κ1) is 36.9. The highest BCUT2D eigenvalue weighted by Gasteiger charge is 2.16. The van der Waals surface area contributed by atoms with Gasteiger partial charge in [-0.1, -0.05) is 88.6 Å². The molecule has 0 unspecified atom stereocenters. The second-order valence-corrected chi connectivity index (χ2v) is 10.9. The van der Waals surface area contributed by atoms with Gasteiger partial charge in [-0.15, -0.1) is 0 Å². The van der Waals surface area contributed by atoms with E-state index in [1.54, 1.807) is 29.7 Å². The summed E-state index contributed by atoms with van der Waals surface area (Å²) < 4.78 is 0. The number of carbonyl (C=O) groups excluding carboxylic acids is 3. The molecule has 0 fully saturated rings. The van der Waals surface area contributed by atoms with Crippen molar-refractivity contribution in [3.05, 3.63) is 107 Å². The number of thiol groups is 1. The van der Waals surface area contributed by atoms with E-state index in [1.807, 2.05) is 56.3 Å². The van der Waals surface area contributed by atoms with Crippen molar-refractivity contribution in [3.8, 4) is 16.9 Å². The molecule has 0 aromatic heterocycles. The second kappa shape index (κ2) is 20.6. The Morgan fingerprint density at radius 3 is 2.18 bits per heavy atom. The van der Waals surface area contributed by atoms with Crippen LogP contribution in [0.4, 0.5) is 5.69 Å². The molecule has 0 aliphatic heterocycles. The summed E-state index contributed by atoms with van der Waals surface area (Å²) in [5, 5.41) is 20.6. The molecule has 0 aliphatic rings. The molecule has 45 heavy (non-hydrogen) atoms. The molecule has 0 bridgehead atoms. The SMILES string of the molecule is CCCCC/C(C)=C(/C=C\S)NC(=O)c1ccc(NC(=O)c2ccccc2-c2ccccc2)c(O)c1.CCCCNC(=O)CC. The van der Waals surface area contributed by atoms with Crippen LogP contribution in [-0.2, 0) is 4.79 Å². The predicted octanol–water partition coefficient (Wildman–Crippen LogP) is 8.65. The Kier molecular flexibility index (Phi) is 16.9. The van der Waals surface area contributed by atoms with E-state index in [-0.39, 0.29) is 34.7 Å². The standard InChI is InChI=1S/C30H32N2O3S.C7H15NO/c1-3-4-6-11-21(2)26(18-19-36)31-29(34)23-16-17-27(28(33)20-23)32-30(35)25-15-10-9-14-24(25)22-12-7-5-8-13-22;1-3-5-6-8-7(9)4-2/h5,7-10,12-20,33,36H,3-4,6,11H2,1-2H3,(H,31,34)(H,32,35);3-6H2,1-2H3,(H,8,9)/b19-18-,26-21-;. The third kappa shape index (κ3) is 12.7. The number of unbranched alkanes of at least 4 members (excludes halogenated alkanes) is 3. The summed E-state index contributed by atoms with van der Waals surface area (Å²) in [6.07, 6.45) is 8.75. The Morgan fingerprint density at radius 2 is 1.53 bits per heavy atom. The van der Waals surface area contributed by atoms with Crippen LogP contribution < -0.4 is 16.0 Å². The number of benzene rings is 3. The van der Waals surface area contributed by atoms with E-state index >= 15 is 0 Å². The predicted molar refractivity (Wildman–Crippen MR) is 189 cm³/mol. The zero-order valence-corrected chi connectivity index (χ0v) is 27.8. The van der Waals surface area contributed by atoms with Gasteiger partial charge in [-0.3, -0.25) is 14.4 Å². The minimum Gasteiger partial charge on any atom is -0.506 e. The van der Waals surface area contributed by atoms with Gasteiger partial charge in [-0.25, -0.2) is 0 Å². The normalized spacial score (nSPS) is 11.2. The Hall–Kier alpha value is -4.30. The molecule has 3 rings (SSSR count). The lowest BCUT2D eigenvalue weighted by molar-refractivity contribution is -0.120. The summed E-state index contributed by atoms with van der Waals surface area (Å²) in [4.78, 5) is 36.5. The van der Waals surface area contributed by atoms with Crippen LogP contribution in [-0.4, -0.2) is 29.4 Å². The minimum atomic E-state index is -0.353. The largest absolute Gasteiger partial charge is 0.506 e. The maximum Gasteiger partial charge on any atom is 0.256 e. The van der Waals surface area contributed by atoms with Crippen LogP contribution in [0.3, 0.4) is 0 Å². The van der Waals surface area contributed by atoms with E-state index in [9.17, 15) is 19.5 Å². The molecule has 4 N–H and O–H groups in total. The van der Waals surface area contributed by atoms with Crippen molar-refractivity contribution in [1.82, 2.24) is 10.6 Å². The lowest BCUT2D eigenvalue weighted by atomic mass is 9.99.